The number of hydrogen-bond acceptors (Lipinski definition) is 6. The summed E-state index contributed by atoms with van der Waals surface area (Å²) >= 11 is 6.32. The van der Waals surface area contributed by atoms with Gasteiger partial charge in [-0.15, -0.1) is 10.2 Å². The number of imidazole rings is 1. The fraction of sp³-hybridized carbons (Fsp3) is 0.207. The molecule has 5 aromatic rings. The fourth-order valence-corrected chi connectivity index (χ4v) is 5.01. The molecule has 10 nitrogen and oxygen atoms in total. The van der Waals surface area contributed by atoms with E-state index in [1.54, 1.807) is 47.8 Å². The number of nitrogens with zero attached hydrogens (tertiary/aromatic N) is 5. The summed E-state index contributed by atoms with van der Waals surface area (Å²) in [5, 5.41) is 24.5. The molecule has 0 saturated heterocycles. The van der Waals surface area contributed by atoms with Crippen molar-refractivity contribution >= 4 is 23.4 Å². The van der Waals surface area contributed by atoms with Crippen LogP contribution < -0.4 is 10.0 Å². The topological polar surface area (TPSA) is 125 Å². The molecule has 2 aromatic carbocycles. The van der Waals surface area contributed by atoms with Crippen LogP contribution in [0.2, 0.25) is 5.02 Å². The Labute approximate surface area is 235 Å². The first kappa shape index (κ1) is 25.6. The van der Waals surface area contributed by atoms with E-state index in [1.807, 2.05) is 36.4 Å². The van der Waals surface area contributed by atoms with Gasteiger partial charge in [0.1, 0.15) is 24.4 Å². The van der Waals surface area contributed by atoms with Crippen LogP contribution in [0.3, 0.4) is 0 Å². The van der Waals surface area contributed by atoms with Crippen LogP contribution in [0.15, 0.2) is 79.6 Å². The maximum atomic E-state index is 13.5. The van der Waals surface area contributed by atoms with E-state index < -0.39 is 6.09 Å². The van der Waals surface area contributed by atoms with Crippen LogP contribution in [0.1, 0.15) is 36.7 Å². The van der Waals surface area contributed by atoms with Gasteiger partial charge in [0.2, 0.25) is 5.69 Å². The number of aromatic amines is 1. The largest absolute Gasteiger partial charge is 0.618 e. The number of nitrogens with one attached hydrogen (secondary N) is 2. The molecule has 40 heavy (non-hydrogen) atoms. The zero-order valence-corrected chi connectivity index (χ0v) is 22.4. The lowest BCUT2D eigenvalue weighted by Crippen LogP contribution is -2.34. The SMILES string of the molecule is COC(=O)Nc1ccc(-c2cnc(C(CC3CC3)c3ccc(-c4cc(Cl)ccc4-n4cnnc4)c[n+]3[O-])[nH]2)cc1. The predicted octanol–water partition coefficient (Wildman–Crippen LogP) is 5.72. The molecular formula is C29H26ClN7O3. The minimum atomic E-state index is -0.526. The first-order valence-corrected chi connectivity index (χ1v) is 13.2. The van der Waals surface area contributed by atoms with E-state index >= 15 is 0 Å². The first-order valence-electron chi connectivity index (χ1n) is 12.9. The van der Waals surface area contributed by atoms with Crippen molar-refractivity contribution in [3.05, 3.63) is 101 Å². The Hall–Kier alpha value is -4.70. The molecule has 0 radical (unpaired) electrons. The lowest BCUT2D eigenvalue weighted by Gasteiger charge is -2.16. The van der Waals surface area contributed by atoms with Crippen LogP contribution in [0.5, 0.6) is 0 Å². The van der Waals surface area contributed by atoms with Gasteiger partial charge in [0.25, 0.3) is 0 Å². The number of carbonyl (C=O) groups is 1. The highest BCUT2D eigenvalue weighted by Gasteiger charge is 2.33. The van der Waals surface area contributed by atoms with Gasteiger partial charge in [0, 0.05) is 27.9 Å². The van der Waals surface area contributed by atoms with Crippen molar-refractivity contribution in [3.63, 3.8) is 0 Å². The van der Waals surface area contributed by atoms with E-state index in [-0.39, 0.29) is 5.92 Å². The van der Waals surface area contributed by atoms with Crippen molar-refractivity contribution in [2.24, 2.45) is 5.92 Å². The number of pyridine rings is 1. The fourth-order valence-electron chi connectivity index (χ4n) is 4.83. The summed E-state index contributed by atoms with van der Waals surface area (Å²) in [6.07, 6.45) is 9.19. The summed E-state index contributed by atoms with van der Waals surface area (Å²) in [7, 11) is 1.32. The van der Waals surface area contributed by atoms with Gasteiger partial charge in [-0.05, 0) is 54.3 Å². The van der Waals surface area contributed by atoms with Crippen LogP contribution in [0, 0.1) is 11.1 Å². The molecule has 202 valence electrons. The molecular weight excluding hydrogens is 530 g/mol. The number of ether oxygens (including phenoxy) is 1. The molecule has 1 aliphatic carbocycles. The van der Waals surface area contributed by atoms with Gasteiger partial charge >= 0.3 is 6.09 Å². The highest BCUT2D eigenvalue weighted by atomic mass is 35.5. The summed E-state index contributed by atoms with van der Waals surface area (Å²) < 4.78 is 7.37. The Morgan fingerprint density at radius 1 is 1.15 bits per heavy atom. The zero-order valence-electron chi connectivity index (χ0n) is 21.6. The van der Waals surface area contributed by atoms with Crippen molar-refractivity contribution in [3.8, 4) is 28.1 Å². The Morgan fingerprint density at radius 3 is 2.60 bits per heavy atom. The number of benzene rings is 2. The van der Waals surface area contributed by atoms with Crippen LogP contribution in [0.4, 0.5) is 10.5 Å². The summed E-state index contributed by atoms with van der Waals surface area (Å²) in [6.45, 7) is 0. The molecule has 0 spiro atoms. The van der Waals surface area contributed by atoms with E-state index in [2.05, 4.69) is 30.2 Å². The molecule has 1 unspecified atom stereocenters. The predicted molar refractivity (Wildman–Crippen MR) is 150 cm³/mol. The minimum Gasteiger partial charge on any atom is -0.618 e. The van der Waals surface area contributed by atoms with Gasteiger partial charge in [-0.1, -0.05) is 36.6 Å². The second-order valence-corrected chi connectivity index (χ2v) is 10.2. The van der Waals surface area contributed by atoms with E-state index in [1.165, 1.54) is 7.11 Å². The number of methoxy groups -OCH3 is 1. The number of carbonyl (C=O) groups excluding carboxylic acids is 1. The molecule has 1 atom stereocenters. The number of rotatable bonds is 8. The van der Waals surface area contributed by atoms with Crippen LogP contribution >= 0.6 is 11.6 Å². The minimum absolute atomic E-state index is 0.190. The number of amides is 1. The van der Waals surface area contributed by atoms with E-state index in [0.717, 1.165) is 57.9 Å². The molecule has 0 bridgehead atoms. The number of hydrogen-bond donors (Lipinski definition) is 2. The average molecular weight is 556 g/mol. The maximum Gasteiger partial charge on any atom is 0.411 e. The lowest BCUT2D eigenvalue weighted by atomic mass is 9.95. The van der Waals surface area contributed by atoms with Crippen molar-refractivity contribution < 1.29 is 14.3 Å². The van der Waals surface area contributed by atoms with Crippen molar-refractivity contribution in [1.82, 2.24) is 24.7 Å². The van der Waals surface area contributed by atoms with Crippen LogP contribution in [0.25, 0.3) is 28.1 Å². The highest BCUT2D eigenvalue weighted by Crippen LogP contribution is 2.41. The third-order valence-electron chi connectivity index (χ3n) is 7.09. The van der Waals surface area contributed by atoms with Crippen LogP contribution in [-0.2, 0) is 4.74 Å². The summed E-state index contributed by atoms with van der Waals surface area (Å²) in [4.78, 5) is 19.6. The second-order valence-electron chi connectivity index (χ2n) is 9.81. The zero-order chi connectivity index (χ0) is 27.6. The van der Waals surface area contributed by atoms with Crippen LogP contribution in [-0.4, -0.2) is 37.9 Å². The van der Waals surface area contributed by atoms with E-state index in [4.69, 9.17) is 11.6 Å². The van der Waals surface area contributed by atoms with Gasteiger partial charge in [0.05, 0.1) is 24.7 Å². The van der Waals surface area contributed by atoms with Crippen molar-refractivity contribution in [2.45, 2.75) is 25.2 Å². The van der Waals surface area contributed by atoms with Gasteiger partial charge in [-0.2, -0.15) is 4.73 Å². The first-order chi connectivity index (χ1) is 19.5. The maximum absolute atomic E-state index is 13.5. The number of aromatic nitrogens is 6. The number of halogens is 1. The van der Waals surface area contributed by atoms with Gasteiger partial charge in [-0.25, -0.2) is 9.78 Å². The Bertz CT molecular complexity index is 1650. The molecule has 0 aliphatic heterocycles. The highest BCUT2D eigenvalue weighted by molar-refractivity contribution is 6.31. The number of anilines is 1. The molecule has 3 aromatic heterocycles. The standard InChI is InChI=1S/C29H26ClN7O3/c1-40-29(38)34-22-8-4-19(5-9-22)25-14-31-28(35-25)24(12-18-2-3-18)27-10-6-20(15-37(27)39)23-13-21(30)7-11-26(23)36-16-32-33-17-36/h4-11,13-18,24H,2-3,12H2,1H3,(H,31,35)(H,34,38). The molecule has 1 fully saturated rings. The molecule has 11 heteroatoms. The second kappa shape index (κ2) is 10.8. The van der Waals surface area contributed by atoms with Gasteiger partial charge < -0.3 is 14.9 Å². The molecule has 1 aliphatic rings. The molecule has 1 amide bonds. The smallest absolute Gasteiger partial charge is 0.411 e. The Morgan fingerprint density at radius 2 is 1.90 bits per heavy atom. The third-order valence-corrected chi connectivity index (χ3v) is 7.32. The normalized spacial score (nSPS) is 13.7. The molecule has 6 rings (SSSR count). The molecule has 3 heterocycles. The number of H-pyrrole nitrogens is 1. The monoisotopic (exact) mass is 555 g/mol. The summed E-state index contributed by atoms with van der Waals surface area (Å²) in [5.41, 5.74) is 5.34. The van der Waals surface area contributed by atoms with Crippen molar-refractivity contribution in [1.29, 1.82) is 0 Å². The molecule has 1 saturated carbocycles. The van der Waals surface area contributed by atoms with Gasteiger partial charge in [0.15, 0.2) is 6.20 Å². The molecule has 2 N–H and O–H groups in total. The lowest BCUT2D eigenvalue weighted by molar-refractivity contribution is -0.614. The Balaban J connectivity index is 1.30. The summed E-state index contributed by atoms with van der Waals surface area (Å²) in [6, 6.07) is 16.7. The summed E-state index contributed by atoms with van der Waals surface area (Å²) in [5.74, 6) is 1.11. The van der Waals surface area contributed by atoms with Gasteiger partial charge in [-0.3, -0.25) is 9.88 Å². The average Bonchev–Trinajstić information content (AvgIpc) is 3.39. The third kappa shape index (κ3) is 5.39. The van der Waals surface area contributed by atoms with Crippen molar-refractivity contribution in [2.75, 3.05) is 12.4 Å². The van der Waals surface area contributed by atoms with E-state index in [9.17, 15) is 10.0 Å². The van der Waals surface area contributed by atoms with E-state index in [0.29, 0.717) is 22.3 Å². The Kier molecular flexibility index (Phi) is 6.91. The quantitative estimate of drug-likeness (QED) is 0.186.